The van der Waals surface area contributed by atoms with E-state index in [2.05, 4.69) is 44.0 Å². The molecule has 0 saturated heterocycles. The van der Waals surface area contributed by atoms with Gasteiger partial charge in [-0.15, -0.1) is 0 Å². The van der Waals surface area contributed by atoms with E-state index in [4.69, 9.17) is 11.6 Å². The summed E-state index contributed by atoms with van der Waals surface area (Å²) >= 11 is 5.93. The van der Waals surface area contributed by atoms with Crippen LogP contribution in [0.5, 0.6) is 5.75 Å². The van der Waals surface area contributed by atoms with Gasteiger partial charge in [-0.25, -0.2) is 0 Å². The molecule has 0 spiro atoms. The van der Waals surface area contributed by atoms with Crippen LogP contribution in [0, 0.1) is 13.8 Å². The number of halogens is 1. The Hall–Kier alpha value is -1.67. The molecule has 0 atom stereocenters. The van der Waals surface area contributed by atoms with Crippen molar-refractivity contribution >= 4 is 17.3 Å². The van der Waals surface area contributed by atoms with E-state index in [0.717, 1.165) is 12.1 Å². The quantitative estimate of drug-likeness (QED) is 0.903. The first-order valence-corrected chi connectivity index (χ1v) is 6.60. The number of phenolic OH excluding ortho intramolecular Hbond substituents is 1. The van der Waals surface area contributed by atoms with Crippen LogP contribution < -0.4 is 4.90 Å². The van der Waals surface area contributed by atoms with Gasteiger partial charge in [0.2, 0.25) is 0 Å². The van der Waals surface area contributed by atoms with Gasteiger partial charge in [0.15, 0.2) is 0 Å². The molecule has 0 heterocycles. The zero-order chi connectivity index (χ0) is 14.0. The average molecular weight is 276 g/mol. The Morgan fingerprint density at radius 1 is 1.05 bits per heavy atom. The predicted molar refractivity (Wildman–Crippen MR) is 81.1 cm³/mol. The van der Waals surface area contributed by atoms with Crippen molar-refractivity contribution in [2.45, 2.75) is 20.4 Å². The van der Waals surface area contributed by atoms with Crippen molar-refractivity contribution < 1.29 is 5.11 Å². The molecule has 2 nitrogen and oxygen atoms in total. The van der Waals surface area contributed by atoms with E-state index in [1.807, 2.05) is 6.07 Å². The average Bonchev–Trinajstić information content (AvgIpc) is 2.32. The van der Waals surface area contributed by atoms with Crippen LogP contribution in [-0.2, 0) is 6.54 Å². The van der Waals surface area contributed by atoms with Gasteiger partial charge in [0.1, 0.15) is 5.75 Å². The van der Waals surface area contributed by atoms with E-state index in [9.17, 15) is 5.11 Å². The summed E-state index contributed by atoms with van der Waals surface area (Å²) in [5.74, 6) is 0.125. The summed E-state index contributed by atoms with van der Waals surface area (Å²) in [5, 5.41) is 9.82. The van der Waals surface area contributed by atoms with E-state index in [1.54, 1.807) is 12.1 Å². The summed E-state index contributed by atoms with van der Waals surface area (Å²) in [4.78, 5) is 2.17. The van der Waals surface area contributed by atoms with Crippen LogP contribution in [0.1, 0.15) is 16.7 Å². The Morgan fingerprint density at radius 2 is 1.68 bits per heavy atom. The van der Waals surface area contributed by atoms with Crippen molar-refractivity contribution in [2.75, 3.05) is 11.9 Å². The summed E-state index contributed by atoms with van der Waals surface area (Å²) in [6.07, 6.45) is 0. The number of phenols is 1. The first-order valence-electron chi connectivity index (χ1n) is 6.22. The number of aryl methyl sites for hydroxylation is 2. The normalized spacial score (nSPS) is 10.5. The van der Waals surface area contributed by atoms with Gasteiger partial charge in [0.05, 0.1) is 5.02 Å². The molecular formula is C16H18ClNO. The molecule has 2 rings (SSSR count). The molecule has 0 radical (unpaired) electrons. The third-order valence-corrected chi connectivity index (χ3v) is 3.38. The smallest absolute Gasteiger partial charge is 0.134 e. The lowest BCUT2D eigenvalue weighted by Gasteiger charge is -2.21. The number of benzene rings is 2. The molecule has 0 fully saturated rings. The van der Waals surface area contributed by atoms with E-state index < -0.39 is 0 Å². The van der Waals surface area contributed by atoms with Crippen LogP contribution in [0.15, 0.2) is 36.4 Å². The molecule has 3 heteroatoms. The molecule has 0 aliphatic rings. The molecule has 0 amide bonds. The van der Waals surface area contributed by atoms with Crippen LogP contribution in [0.25, 0.3) is 0 Å². The maximum atomic E-state index is 9.42. The number of hydrogen-bond donors (Lipinski definition) is 1. The zero-order valence-corrected chi connectivity index (χ0v) is 12.2. The molecule has 2 aromatic rings. The van der Waals surface area contributed by atoms with Crippen molar-refractivity contribution in [3.8, 4) is 5.75 Å². The highest BCUT2D eigenvalue weighted by molar-refractivity contribution is 6.32. The van der Waals surface area contributed by atoms with Gasteiger partial charge in [0.25, 0.3) is 0 Å². The van der Waals surface area contributed by atoms with E-state index in [1.165, 1.54) is 16.8 Å². The Morgan fingerprint density at radius 3 is 2.26 bits per heavy atom. The van der Waals surface area contributed by atoms with Crippen molar-refractivity contribution in [1.82, 2.24) is 0 Å². The lowest BCUT2D eigenvalue weighted by molar-refractivity contribution is 0.475. The number of anilines is 1. The molecule has 0 unspecified atom stereocenters. The molecule has 1 N–H and O–H groups in total. The maximum absolute atomic E-state index is 9.42. The highest BCUT2D eigenvalue weighted by atomic mass is 35.5. The van der Waals surface area contributed by atoms with Crippen molar-refractivity contribution in [3.63, 3.8) is 0 Å². The number of nitrogens with zero attached hydrogens (tertiary/aromatic N) is 1. The van der Waals surface area contributed by atoms with E-state index in [-0.39, 0.29) is 5.75 Å². The van der Waals surface area contributed by atoms with Crippen molar-refractivity contribution in [1.29, 1.82) is 0 Å². The first kappa shape index (κ1) is 13.8. The van der Waals surface area contributed by atoms with Gasteiger partial charge in [-0.1, -0.05) is 23.7 Å². The second kappa shape index (κ2) is 5.54. The van der Waals surface area contributed by atoms with Crippen molar-refractivity contribution in [3.05, 3.63) is 58.1 Å². The van der Waals surface area contributed by atoms with Crippen LogP contribution in [0.4, 0.5) is 5.69 Å². The Kier molecular flexibility index (Phi) is 4.01. The standard InChI is InChI=1S/C16H18ClNO/c1-11-6-12(2)8-14(7-11)18(3)10-13-4-5-16(19)15(17)9-13/h4-9,19H,10H2,1-3H3. The van der Waals surface area contributed by atoms with Crippen LogP contribution in [0.2, 0.25) is 5.02 Å². The first-order chi connectivity index (χ1) is 8.95. The maximum Gasteiger partial charge on any atom is 0.134 e. The fraction of sp³-hybridized carbons (Fsp3) is 0.250. The monoisotopic (exact) mass is 275 g/mol. The fourth-order valence-electron chi connectivity index (χ4n) is 2.18. The minimum atomic E-state index is 0.125. The third-order valence-electron chi connectivity index (χ3n) is 3.08. The summed E-state index contributed by atoms with van der Waals surface area (Å²) < 4.78 is 0. The Labute approximate surface area is 119 Å². The molecule has 0 aliphatic heterocycles. The fourth-order valence-corrected chi connectivity index (χ4v) is 2.39. The second-order valence-corrected chi connectivity index (χ2v) is 5.39. The van der Waals surface area contributed by atoms with Crippen LogP contribution in [0.3, 0.4) is 0 Å². The van der Waals surface area contributed by atoms with Crippen LogP contribution in [-0.4, -0.2) is 12.2 Å². The molecule has 0 bridgehead atoms. The SMILES string of the molecule is Cc1cc(C)cc(N(C)Cc2ccc(O)c(Cl)c2)c1. The molecule has 19 heavy (non-hydrogen) atoms. The molecule has 100 valence electrons. The largest absolute Gasteiger partial charge is 0.506 e. The Bertz CT molecular complexity index is 575. The minimum Gasteiger partial charge on any atom is -0.506 e. The zero-order valence-electron chi connectivity index (χ0n) is 11.4. The summed E-state index contributed by atoms with van der Waals surface area (Å²) in [6, 6.07) is 11.8. The van der Waals surface area contributed by atoms with Gasteiger partial charge in [0, 0.05) is 19.3 Å². The minimum absolute atomic E-state index is 0.125. The van der Waals surface area contributed by atoms with Crippen LogP contribution >= 0.6 is 11.6 Å². The molecule has 0 aliphatic carbocycles. The number of hydrogen-bond acceptors (Lipinski definition) is 2. The van der Waals surface area contributed by atoms with E-state index >= 15 is 0 Å². The molecule has 0 aromatic heterocycles. The van der Waals surface area contributed by atoms with Gasteiger partial charge >= 0.3 is 0 Å². The van der Waals surface area contributed by atoms with Gasteiger partial charge < -0.3 is 10.0 Å². The molecular weight excluding hydrogens is 258 g/mol. The highest BCUT2D eigenvalue weighted by Crippen LogP contribution is 2.25. The summed E-state index contributed by atoms with van der Waals surface area (Å²) in [6.45, 7) is 4.95. The molecule has 0 saturated carbocycles. The Balaban J connectivity index is 2.20. The third kappa shape index (κ3) is 3.42. The van der Waals surface area contributed by atoms with E-state index in [0.29, 0.717) is 5.02 Å². The molecule has 2 aromatic carbocycles. The lowest BCUT2D eigenvalue weighted by Crippen LogP contribution is -2.16. The van der Waals surface area contributed by atoms with Gasteiger partial charge in [-0.05, 0) is 54.8 Å². The summed E-state index contributed by atoms with van der Waals surface area (Å²) in [7, 11) is 2.05. The number of rotatable bonds is 3. The lowest BCUT2D eigenvalue weighted by atomic mass is 10.1. The second-order valence-electron chi connectivity index (χ2n) is 4.99. The van der Waals surface area contributed by atoms with Gasteiger partial charge in [-0.2, -0.15) is 0 Å². The van der Waals surface area contributed by atoms with Crippen molar-refractivity contribution in [2.24, 2.45) is 0 Å². The summed E-state index contributed by atoms with van der Waals surface area (Å²) in [5.41, 5.74) is 4.77. The topological polar surface area (TPSA) is 23.5 Å². The predicted octanol–water partition coefficient (Wildman–Crippen LogP) is 4.30. The van der Waals surface area contributed by atoms with Gasteiger partial charge in [-0.3, -0.25) is 0 Å². The highest BCUT2D eigenvalue weighted by Gasteiger charge is 2.05. The number of aromatic hydroxyl groups is 1.